The standard InChI is InChI=1S/C11H21NO/c1-9(2)12-10-8-13-11(10)6-4-3-5-7-11/h9-10,12H,3-8H2,1-2H3. The summed E-state index contributed by atoms with van der Waals surface area (Å²) in [7, 11) is 0. The van der Waals surface area contributed by atoms with Crippen LogP contribution < -0.4 is 5.32 Å². The zero-order valence-electron chi connectivity index (χ0n) is 8.81. The normalized spacial score (nSPS) is 32.1. The molecule has 1 saturated carbocycles. The highest BCUT2D eigenvalue weighted by molar-refractivity contribution is 5.02. The average Bonchev–Trinajstić information content (AvgIpc) is 2.14. The Balaban J connectivity index is 1.90. The molecule has 0 radical (unpaired) electrons. The van der Waals surface area contributed by atoms with Gasteiger partial charge in [0.1, 0.15) is 0 Å². The summed E-state index contributed by atoms with van der Waals surface area (Å²) in [6.07, 6.45) is 6.67. The number of rotatable bonds is 2. The summed E-state index contributed by atoms with van der Waals surface area (Å²) >= 11 is 0. The second kappa shape index (κ2) is 3.58. The van der Waals surface area contributed by atoms with Gasteiger partial charge in [-0.25, -0.2) is 0 Å². The van der Waals surface area contributed by atoms with Gasteiger partial charge in [0, 0.05) is 6.04 Å². The molecule has 1 spiro atoms. The van der Waals surface area contributed by atoms with Gasteiger partial charge in [0.15, 0.2) is 0 Å². The van der Waals surface area contributed by atoms with Gasteiger partial charge in [0.25, 0.3) is 0 Å². The predicted octanol–water partition coefficient (Wildman–Crippen LogP) is 2.09. The minimum Gasteiger partial charge on any atom is -0.372 e. The molecule has 1 atom stereocenters. The molecule has 13 heavy (non-hydrogen) atoms. The van der Waals surface area contributed by atoms with Crippen LogP contribution in [0.2, 0.25) is 0 Å². The van der Waals surface area contributed by atoms with Crippen molar-refractivity contribution in [3.05, 3.63) is 0 Å². The average molecular weight is 183 g/mol. The summed E-state index contributed by atoms with van der Waals surface area (Å²) in [5.74, 6) is 0. The molecule has 0 amide bonds. The largest absolute Gasteiger partial charge is 0.372 e. The lowest BCUT2D eigenvalue weighted by atomic mass is 9.76. The molecule has 1 N–H and O–H groups in total. The van der Waals surface area contributed by atoms with Crippen molar-refractivity contribution in [1.29, 1.82) is 0 Å². The lowest BCUT2D eigenvalue weighted by Gasteiger charge is -2.52. The summed E-state index contributed by atoms with van der Waals surface area (Å²) < 4.78 is 5.81. The molecule has 1 aliphatic carbocycles. The van der Waals surface area contributed by atoms with E-state index in [0.717, 1.165) is 6.61 Å². The van der Waals surface area contributed by atoms with E-state index in [0.29, 0.717) is 12.1 Å². The Kier molecular flexibility index (Phi) is 2.61. The van der Waals surface area contributed by atoms with Crippen LogP contribution >= 0.6 is 0 Å². The summed E-state index contributed by atoms with van der Waals surface area (Å²) in [6, 6.07) is 1.22. The number of hydrogen-bond acceptors (Lipinski definition) is 2. The van der Waals surface area contributed by atoms with Gasteiger partial charge in [-0.15, -0.1) is 0 Å². The molecule has 2 aliphatic rings. The van der Waals surface area contributed by atoms with Gasteiger partial charge in [-0.3, -0.25) is 0 Å². The topological polar surface area (TPSA) is 21.3 Å². The molecule has 0 aromatic carbocycles. The molecule has 1 saturated heterocycles. The van der Waals surface area contributed by atoms with E-state index in [2.05, 4.69) is 19.2 Å². The van der Waals surface area contributed by atoms with Crippen LogP contribution in [0.25, 0.3) is 0 Å². The highest BCUT2D eigenvalue weighted by Crippen LogP contribution is 2.40. The number of hydrogen-bond donors (Lipinski definition) is 1. The summed E-state index contributed by atoms with van der Waals surface area (Å²) in [4.78, 5) is 0. The van der Waals surface area contributed by atoms with Crippen molar-refractivity contribution < 1.29 is 4.74 Å². The Labute approximate surface area is 81.0 Å². The van der Waals surface area contributed by atoms with E-state index in [-0.39, 0.29) is 5.60 Å². The molecule has 1 unspecified atom stereocenters. The molecular formula is C11H21NO. The minimum atomic E-state index is 0.239. The van der Waals surface area contributed by atoms with E-state index >= 15 is 0 Å². The van der Waals surface area contributed by atoms with E-state index in [1.54, 1.807) is 0 Å². The molecule has 0 aromatic rings. The first-order chi connectivity index (χ1) is 6.23. The third-order valence-corrected chi connectivity index (χ3v) is 3.41. The van der Waals surface area contributed by atoms with Crippen LogP contribution in [0.4, 0.5) is 0 Å². The van der Waals surface area contributed by atoms with E-state index in [1.165, 1.54) is 32.1 Å². The van der Waals surface area contributed by atoms with Gasteiger partial charge in [0.2, 0.25) is 0 Å². The maximum atomic E-state index is 5.81. The van der Waals surface area contributed by atoms with Crippen LogP contribution in [-0.4, -0.2) is 24.3 Å². The Hall–Kier alpha value is -0.0800. The first kappa shape index (κ1) is 9.47. The smallest absolute Gasteiger partial charge is 0.0858 e. The Morgan fingerprint density at radius 2 is 1.92 bits per heavy atom. The summed E-state index contributed by atoms with van der Waals surface area (Å²) in [5.41, 5.74) is 0.239. The van der Waals surface area contributed by atoms with Crippen molar-refractivity contribution in [1.82, 2.24) is 5.32 Å². The van der Waals surface area contributed by atoms with Crippen LogP contribution in [0.15, 0.2) is 0 Å². The SMILES string of the molecule is CC(C)NC1COC12CCCCC2. The summed E-state index contributed by atoms with van der Waals surface area (Å²) in [5, 5.41) is 3.61. The molecule has 1 heterocycles. The molecule has 2 nitrogen and oxygen atoms in total. The maximum Gasteiger partial charge on any atom is 0.0858 e. The Morgan fingerprint density at radius 1 is 1.23 bits per heavy atom. The third-order valence-electron chi connectivity index (χ3n) is 3.41. The van der Waals surface area contributed by atoms with E-state index in [9.17, 15) is 0 Å². The van der Waals surface area contributed by atoms with E-state index in [4.69, 9.17) is 4.74 Å². The van der Waals surface area contributed by atoms with Crippen LogP contribution in [0.3, 0.4) is 0 Å². The zero-order chi connectivity index (χ0) is 9.31. The highest BCUT2D eigenvalue weighted by atomic mass is 16.5. The van der Waals surface area contributed by atoms with Crippen molar-refractivity contribution >= 4 is 0 Å². The minimum absolute atomic E-state index is 0.239. The van der Waals surface area contributed by atoms with E-state index in [1.807, 2.05) is 0 Å². The zero-order valence-corrected chi connectivity index (χ0v) is 8.81. The number of ether oxygens (including phenoxy) is 1. The van der Waals surface area contributed by atoms with Crippen molar-refractivity contribution in [2.45, 2.75) is 63.6 Å². The predicted molar refractivity (Wildman–Crippen MR) is 53.8 cm³/mol. The molecular weight excluding hydrogens is 162 g/mol. The van der Waals surface area contributed by atoms with Crippen molar-refractivity contribution in [2.75, 3.05) is 6.61 Å². The fourth-order valence-corrected chi connectivity index (χ4v) is 2.65. The van der Waals surface area contributed by atoms with Crippen LogP contribution in [0.5, 0.6) is 0 Å². The van der Waals surface area contributed by atoms with Crippen molar-refractivity contribution in [2.24, 2.45) is 0 Å². The quantitative estimate of drug-likeness (QED) is 0.707. The van der Waals surface area contributed by atoms with Gasteiger partial charge in [-0.2, -0.15) is 0 Å². The second-order valence-corrected chi connectivity index (χ2v) is 4.81. The van der Waals surface area contributed by atoms with Gasteiger partial charge >= 0.3 is 0 Å². The van der Waals surface area contributed by atoms with Crippen LogP contribution in [-0.2, 0) is 4.74 Å². The lowest BCUT2D eigenvalue weighted by molar-refractivity contribution is -0.195. The third kappa shape index (κ3) is 1.75. The molecule has 2 rings (SSSR count). The van der Waals surface area contributed by atoms with Crippen LogP contribution in [0, 0.1) is 0 Å². The van der Waals surface area contributed by atoms with Gasteiger partial charge < -0.3 is 10.1 Å². The Bertz CT molecular complexity index is 173. The monoisotopic (exact) mass is 183 g/mol. The van der Waals surface area contributed by atoms with Gasteiger partial charge in [0.05, 0.1) is 18.2 Å². The first-order valence-corrected chi connectivity index (χ1v) is 5.63. The molecule has 2 fully saturated rings. The molecule has 0 bridgehead atoms. The highest BCUT2D eigenvalue weighted by Gasteiger charge is 2.48. The molecule has 0 aromatic heterocycles. The maximum absolute atomic E-state index is 5.81. The van der Waals surface area contributed by atoms with Crippen LogP contribution in [0.1, 0.15) is 46.0 Å². The lowest BCUT2D eigenvalue weighted by Crippen LogP contribution is -2.66. The second-order valence-electron chi connectivity index (χ2n) is 4.81. The van der Waals surface area contributed by atoms with Gasteiger partial charge in [-0.05, 0) is 12.8 Å². The van der Waals surface area contributed by atoms with Gasteiger partial charge in [-0.1, -0.05) is 33.1 Å². The van der Waals surface area contributed by atoms with Crippen molar-refractivity contribution in [3.63, 3.8) is 0 Å². The molecule has 76 valence electrons. The number of nitrogens with one attached hydrogen (secondary N) is 1. The summed E-state index contributed by atoms with van der Waals surface area (Å²) in [6.45, 7) is 5.36. The fraction of sp³-hybridized carbons (Fsp3) is 1.00. The van der Waals surface area contributed by atoms with E-state index < -0.39 is 0 Å². The molecule has 1 aliphatic heterocycles. The fourth-order valence-electron chi connectivity index (χ4n) is 2.65. The first-order valence-electron chi connectivity index (χ1n) is 5.63. The van der Waals surface area contributed by atoms with Crippen molar-refractivity contribution in [3.8, 4) is 0 Å². The molecule has 2 heteroatoms. The Morgan fingerprint density at radius 3 is 2.38 bits per heavy atom.